The predicted octanol–water partition coefficient (Wildman–Crippen LogP) is 2.59. The van der Waals surface area contributed by atoms with E-state index in [0.717, 1.165) is 11.1 Å². The lowest BCUT2D eigenvalue weighted by atomic mass is 10.1. The van der Waals surface area contributed by atoms with E-state index < -0.39 is 5.97 Å². The first-order chi connectivity index (χ1) is 13.5. The van der Waals surface area contributed by atoms with Crippen molar-refractivity contribution in [3.05, 3.63) is 53.1 Å². The molecule has 7 heteroatoms. The third kappa shape index (κ3) is 4.36. The molecule has 0 aliphatic carbocycles. The molecule has 2 aromatic rings. The van der Waals surface area contributed by atoms with Crippen molar-refractivity contribution in [1.82, 2.24) is 4.90 Å². The Morgan fingerprint density at radius 1 is 1.14 bits per heavy atom. The summed E-state index contributed by atoms with van der Waals surface area (Å²) in [4.78, 5) is 26.3. The van der Waals surface area contributed by atoms with Gasteiger partial charge in [0.1, 0.15) is 13.2 Å². The maximum Gasteiger partial charge on any atom is 0.338 e. The van der Waals surface area contributed by atoms with Crippen LogP contribution in [0.5, 0.6) is 17.2 Å². The van der Waals surface area contributed by atoms with E-state index in [4.69, 9.17) is 18.9 Å². The molecule has 0 radical (unpaired) electrons. The summed E-state index contributed by atoms with van der Waals surface area (Å²) < 4.78 is 21.5. The minimum Gasteiger partial charge on any atom is -0.493 e. The van der Waals surface area contributed by atoms with E-state index in [0.29, 0.717) is 37.0 Å². The van der Waals surface area contributed by atoms with Crippen molar-refractivity contribution in [1.29, 1.82) is 0 Å². The minimum atomic E-state index is -0.632. The van der Waals surface area contributed by atoms with Crippen LogP contribution < -0.4 is 14.2 Å². The average molecular weight is 385 g/mol. The van der Waals surface area contributed by atoms with Crippen LogP contribution >= 0.6 is 0 Å². The molecule has 0 saturated carbocycles. The van der Waals surface area contributed by atoms with Crippen LogP contribution in [0.3, 0.4) is 0 Å². The number of carbonyl (C=O) groups excluding carboxylic acids is 2. The topological polar surface area (TPSA) is 74.3 Å². The van der Waals surface area contributed by atoms with Crippen LogP contribution in [-0.2, 0) is 16.1 Å². The number of nitrogens with zero attached hydrogens (tertiary/aromatic N) is 1. The molecular weight excluding hydrogens is 362 g/mol. The van der Waals surface area contributed by atoms with Gasteiger partial charge in [-0.15, -0.1) is 0 Å². The Bertz CT molecular complexity index is 862. The fourth-order valence-electron chi connectivity index (χ4n) is 2.84. The normalized spacial score (nSPS) is 12.2. The van der Waals surface area contributed by atoms with Gasteiger partial charge in [-0.3, -0.25) is 4.79 Å². The van der Waals surface area contributed by atoms with Gasteiger partial charge < -0.3 is 23.8 Å². The molecule has 1 aliphatic rings. The highest BCUT2D eigenvalue weighted by Gasteiger charge is 2.22. The van der Waals surface area contributed by atoms with Gasteiger partial charge in [-0.1, -0.05) is 24.3 Å². The molecular formula is C21H23NO6. The summed E-state index contributed by atoms with van der Waals surface area (Å²) in [5.41, 5.74) is 2.37. The molecule has 1 amide bonds. The zero-order valence-electron chi connectivity index (χ0n) is 16.2. The molecule has 148 valence electrons. The Kier molecular flexibility index (Phi) is 6.03. The lowest BCUT2D eigenvalue weighted by Crippen LogP contribution is -2.31. The van der Waals surface area contributed by atoms with Crippen molar-refractivity contribution in [2.45, 2.75) is 13.5 Å². The van der Waals surface area contributed by atoms with Gasteiger partial charge in [0.15, 0.2) is 18.1 Å². The van der Waals surface area contributed by atoms with E-state index >= 15 is 0 Å². The van der Waals surface area contributed by atoms with Gasteiger partial charge in [-0.25, -0.2) is 4.79 Å². The number of methoxy groups -OCH3 is 1. The molecule has 0 unspecified atom stereocenters. The highest BCUT2D eigenvalue weighted by molar-refractivity contribution is 5.92. The number of carbonyl (C=O) groups is 2. The maximum absolute atomic E-state index is 12.4. The van der Waals surface area contributed by atoms with Crippen LogP contribution in [0, 0.1) is 6.92 Å². The zero-order valence-corrected chi connectivity index (χ0v) is 16.2. The first-order valence-corrected chi connectivity index (χ1v) is 8.93. The smallest absolute Gasteiger partial charge is 0.338 e. The van der Waals surface area contributed by atoms with Gasteiger partial charge in [-0.05, 0) is 30.2 Å². The summed E-state index contributed by atoms with van der Waals surface area (Å²) in [5.74, 6) is 0.334. The lowest BCUT2D eigenvalue weighted by molar-refractivity contribution is -0.133. The quantitative estimate of drug-likeness (QED) is 0.712. The highest BCUT2D eigenvalue weighted by Crippen LogP contribution is 2.40. The number of hydrogen-bond acceptors (Lipinski definition) is 6. The largest absolute Gasteiger partial charge is 0.493 e. The Morgan fingerprint density at radius 3 is 2.64 bits per heavy atom. The van der Waals surface area contributed by atoms with Crippen LogP contribution in [0.4, 0.5) is 0 Å². The van der Waals surface area contributed by atoms with Gasteiger partial charge in [-0.2, -0.15) is 0 Å². The number of esters is 1. The molecule has 1 aliphatic heterocycles. The van der Waals surface area contributed by atoms with Crippen LogP contribution in [0.2, 0.25) is 0 Å². The molecule has 0 fully saturated rings. The number of rotatable bonds is 6. The molecule has 0 N–H and O–H groups in total. The molecule has 0 aromatic heterocycles. The summed E-state index contributed by atoms with van der Waals surface area (Å²) >= 11 is 0. The molecule has 3 rings (SSSR count). The Morgan fingerprint density at radius 2 is 1.89 bits per heavy atom. The predicted molar refractivity (Wildman–Crippen MR) is 102 cm³/mol. The Labute approximate surface area is 163 Å². The fraction of sp³-hybridized carbons (Fsp3) is 0.333. The van der Waals surface area contributed by atoms with Gasteiger partial charge in [0.2, 0.25) is 5.75 Å². The zero-order chi connectivity index (χ0) is 20.1. The van der Waals surface area contributed by atoms with E-state index in [-0.39, 0.29) is 18.1 Å². The van der Waals surface area contributed by atoms with E-state index in [9.17, 15) is 9.59 Å². The molecule has 2 aromatic carbocycles. The summed E-state index contributed by atoms with van der Waals surface area (Å²) in [6, 6.07) is 10.9. The minimum absolute atomic E-state index is 0.232. The third-order valence-electron chi connectivity index (χ3n) is 4.48. The number of ether oxygens (including phenoxy) is 4. The summed E-state index contributed by atoms with van der Waals surface area (Å²) in [7, 11) is 3.16. The van der Waals surface area contributed by atoms with Gasteiger partial charge in [0.25, 0.3) is 5.91 Å². The molecule has 0 spiro atoms. The summed E-state index contributed by atoms with van der Waals surface area (Å²) in [6.07, 6.45) is 0. The van der Waals surface area contributed by atoms with Crippen molar-refractivity contribution in [3.8, 4) is 17.2 Å². The lowest BCUT2D eigenvalue weighted by Gasteiger charge is -2.21. The maximum atomic E-state index is 12.4. The fourth-order valence-corrected chi connectivity index (χ4v) is 2.84. The number of fused-ring (bicyclic) bond motifs is 1. The van der Waals surface area contributed by atoms with E-state index in [1.165, 1.54) is 24.1 Å². The van der Waals surface area contributed by atoms with Crippen LogP contribution in [0.15, 0.2) is 36.4 Å². The molecule has 7 nitrogen and oxygen atoms in total. The second-order valence-electron chi connectivity index (χ2n) is 6.46. The molecule has 0 saturated heterocycles. The van der Waals surface area contributed by atoms with Crippen molar-refractivity contribution < 1.29 is 28.5 Å². The molecule has 0 bridgehead atoms. The standard InChI is InChI=1S/C21H23NO6/c1-14-6-4-5-7-15(14)12-22(2)19(23)13-28-21(24)16-10-17(25-3)20-18(11-16)26-8-9-27-20/h4-7,10-11H,8-9,12-13H2,1-3H3. The van der Waals surface area contributed by atoms with Crippen molar-refractivity contribution in [2.75, 3.05) is 34.0 Å². The number of benzene rings is 2. The molecule has 1 heterocycles. The number of aryl methyl sites for hydroxylation is 1. The number of likely N-dealkylation sites (N-methyl/N-ethyl adjacent to an activating group) is 1. The Balaban J connectivity index is 1.62. The van der Waals surface area contributed by atoms with E-state index in [1.54, 1.807) is 7.05 Å². The van der Waals surface area contributed by atoms with E-state index in [1.807, 2.05) is 31.2 Å². The second kappa shape index (κ2) is 8.65. The average Bonchev–Trinajstić information content (AvgIpc) is 2.72. The first-order valence-electron chi connectivity index (χ1n) is 8.93. The van der Waals surface area contributed by atoms with Crippen molar-refractivity contribution in [2.24, 2.45) is 0 Å². The first kappa shape index (κ1) is 19.5. The van der Waals surface area contributed by atoms with Crippen LogP contribution in [0.1, 0.15) is 21.5 Å². The SMILES string of the molecule is COc1cc(C(=O)OCC(=O)N(C)Cc2ccccc2C)cc2c1OCCO2. The molecule has 28 heavy (non-hydrogen) atoms. The summed E-state index contributed by atoms with van der Waals surface area (Å²) in [6.45, 7) is 2.88. The van der Waals surface area contributed by atoms with Crippen molar-refractivity contribution in [3.63, 3.8) is 0 Å². The Hall–Kier alpha value is -3.22. The third-order valence-corrected chi connectivity index (χ3v) is 4.48. The van der Waals surface area contributed by atoms with Crippen LogP contribution in [0.25, 0.3) is 0 Å². The second-order valence-corrected chi connectivity index (χ2v) is 6.46. The van der Waals surface area contributed by atoms with E-state index in [2.05, 4.69) is 0 Å². The highest BCUT2D eigenvalue weighted by atomic mass is 16.6. The molecule has 0 atom stereocenters. The van der Waals surface area contributed by atoms with Gasteiger partial charge >= 0.3 is 5.97 Å². The summed E-state index contributed by atoms with van der Waals surface area (Å²) in [5, 5.41) is 0. The van der Waals surface area contributed by atoms with Gasteiger partial charge in [0, 0.05) is 13.6 Å². The van der Waals surface area contributed by atoms with Crippen LogP contribution in [-0.4, -0.2) is 50.8 Å². The van der Waals surface area contributed by atoms with Crippen molar-refractivity contribution >= 4 is 11.9 Å². The number of amides is 1. The monoisotopic (exact) mass is 385 g/mol. The number of hydrogen-bond donors (Lipinski definition) is 0. The van der Waals surface area contributed by atoms with Gasteiger partial charge in [0.05, 0.1) is 12.7 Å².